The van der Waals surface area contributed by atoms with E-state index >= 15 is 0 Å². The third-order valence-electron chi connectivity index (χ3n) is 0. The van der Waals surface area contributed by atoms with Gasteiger partial charge in [0.1, 0.15) is 0 Å². The van der Waals surface area contributed by atoms with Gasteiger partial charge in [-0.2, -0.15) is 0 Å². The topological polar surface area (TPSA) is 63.0 Å². The Balaban J connectivity index is 0. The van der Waals surface area contributed by atoms with E-state index in [4.69, 9.17) is 0 Å². The van der Waals surface area contributed by atoms with Crippen LogP contribution in [0.5, 0.6) is 0 Å². The molecule has 0 unspecified atom stereocenters. The van der Waals surface area contributed by atoms with E-state index in [0.29, 0.717) is 0 Å². The van der Waals surface area contributed by atoms with E-state index in [1.165, 1.54) is 0 Å². The summed E-state index contributed by atoms with van der Waals surface area (Å²) in [5, 5.41) is 0. The van der Waals surface area contributed by atoms with Gasteiger partial charge in [-0.25, -0.2) is 0 Å². The third-order valence-corrected chi connectivity index (χ3v) is 0. The van der Waals surface area contributed by atoms with Gasteiger partial charge in [0.2, 0.25) is 0 Å². The molecule has 0 saturated carbocycles. The molecule has 0 amide bonds. The molecule has 27 valence electrons. The van der Waals surface area contributed by atoms with E-state index < -0.39 is 0 Å². The van der Waals surface area contributed by atoms with E-state index in [9.17, 15) is 0 Å². The summed E-state index contributed by atoms with van der Waals surface area (Å²) in [6, 6.07) is 0. The van der Waals surface area contributed by atoms with Gasteiger partial charge in [0.05, 0.1) is 0 Å². The van der Waals surface area contributed by atoms with Crippen LogP contribution in [0, 0.1) is 0 Å². The molecule has 0 aromatic heterocycles. The average Bonchev–Trinajstić information content (AvgIpc) is 0. The zero-order valence-corrected chi connectivity index (χ0v) is 14.3. The van der Waals surface area contributed by atoms with Crippen LogP contribution in [0.3, 0.4) is 0 Å². The molecule has 0 rings (SSSR count). The Morgan fingerprint density at radius 2 is 0.857 bits per heavy atom. The van der Waals surface area contributed by atoms with Crippen molar-refractivity contribution in [3.8, 4) is 0 Å². The second kappa shape index (κ2) is 46.4. The van der Waals surface area contributed by atoms with Crippen molar-refractivity contribution < 1.29 is 11.0 Å². The van der Waals surface area contributed by atoms with Gasteiger partial charge in [0.15, 0.2) is 0 Å². The van der Waals surface area contributed by atoms with Crippen molar-refractivity contribution in [1.82, 2.24) is 0 Å². The smallest absolute Gasteiger partial charge is 0 e. The van der Waals surface area contributed by atoms with Crippen molar-refractivity contribution in [3.63, 3.8) is 0 Å². The van der Waals surface area contributed by atoms with Gasteiger partial charge in [0.25, 0.3) is 0 Å². The summed E-state index contributed by atoms with van der Waals surface area (Å²) in [4.78, 5) is 0. The molecule has 0 fully saturated rings. The number of rotatable bonds is 0. The molecule has 0 aliphatic rings. The summed E-state index contributed by atoms with van der Waals surface area (Å²) in [7, 11) is 0. The third kappa shape index (κ3) is 37.2. The van der Waals surface area contributed by atoms with Crippen molar-refractivity contribution in [3.05, 3.63) is 0 Å². The molecular weight excluding hydrogens is 189 g/mol. The Hall–Kier alpha value is 4.57. The molecule has 0 aromatic carbocycles. The van der Waals surface area contributed by atoms with Crippen molar-refractivity contribution in [2.24, 2.45) is 0 Å². The fourth-order valence-electron chi connectivity index (χ4n) is 0. The summed E-state index contributed by atoms with van der Waals surface area (Å²) in [6.45, 7) is 0. The van der Waals surface area contributed by atoms with Gasteiger partial charge in [-0.05, 0) is 0 Å². The van der Waals surface area contributed by atoms with Crippen molar-refractivity contribution in [2.75, 3.05) is 0 Å². The van der Waals surface area contributed by atoms with Crippen molar-refractivity contribution in [1.29, 1.82) is 0 Å². The molecule has 0 aliphatic carbocycles. The molecule has 11 radical (unpaired) electrons. The molecule has 0 heterocycles. The Bertz CT molecular complexity index is 17.7. The Labute approximate surface area is 153 Å². The maximum atomic E-state index is 0. The summed E-state index contributed by atoms with van der Waals surface area (Å²) < 4.78 is 0. The van der Waals surface area contributed by atoms with Gasteiger partial charge in [-0.15, -0.1) is 0 Å². The summed E-state index contributed by atoms with van der Waals surface area (Å²) >= 11 is 0. The number of hydrogen-bond acceptors (Lipinski definition) is 0. The van der Waals surface area contributed by atoms with Gasteiger partial charge in [-0.3, -0.25) is 0 Å². The largest absolute Gasteiger partial charge is 0.412 e. The van der Waals surface area contributed by atoms with E-state index in [1.54, 1.807) is 0 Å². The summed E-state index contributed by atoms with van der Waals surface area (Å²) in [6.07, 6.45) is 0. The summed E-state index contributed by atoms with van der Waals surface area (Å²) in [5.41, 5.74) is 0. The molecule has 0 aliphatic heterocycles. The van der Waals surface area contributed by atoms with Crippen molar-refractivity contribution in [2.45, 2.75) is 0 Å². The van der Waals surface area contributed by atoms with Gasteiger partial charge in [-0.1, -0.05) is 0 Å². The minimum Gasteiger partial charge on any atom is -0.412 e. The predicted octanol–water partition coefficient (Wildman–Crippen LogP) is -3.55. The second-order valence-corrected chi connectivity index (χ2v) is 0. The zero-order valence-electron chi connectivity index (χ0n) is 4.78. The van der Waals surface area contributed by atoms with E-state index in [0.717, 1.165) is 0 Å². The molecule has 0 bridgehead atoms. The predicted molar refractivity (Wildman–Crippen MR) is 36.0 cm³/mol. The number of hydrogen-bond donors (Lipinski definition) is 0. The molecule has 7 heavy (non-hydrogen) atoms. The monoisotopic (exact) mass is 193 g/mol. The normalized spacial score (nSPS) is 0. The first-order valence-corrected chi connectivity index (χ1v) is 0. The quantitative estimate of drug-likeness (QED) is 0.358. The Morgan fingerprint density at radius 3 is 0.857 bits per heavy atom. The van der Waals surface area contributed by atoms with Crippen LogP contribution in [-0.2, 0) is 0 Å². The van der Waals surface area contributed by atoms with Crippen molar-refractivity contribution >= 4 is 147 Å². The van der Waals surface area contributed by atoms with Gasteiger partial charge < -0.3 is 11.0 Å². The van der Waals surface area contributed by atoms with Crippen LogP contribution in [0.1, 0.15) is 0 Å². The van der Waals surface area contributed by atoms with Crippen LogP contribution in [0.15, 0.2) is 0 Å². The molecule has 0 spiro atoms. The fraction of sp³-hybridized carbons (Fsp3) is 0. The average molecular weight is 193 g/mol. The first-order chi connectivity index (χ1) is 0. The van der Waals surface area contributed by atoms with Crippen LogP contribution in [0.4, 0.5) is 0 Å². The van der Waals surface area contributed by atoms with Crippen LogP contribution >= 0.6 is 0 Å². The molecule has 7 heteroatoms. The van der Waals surface area contributed by atoms with Crippen LogP contribution < -0.4 is 0 Å². The first kappa shape index (κ1) is 61.9. The SMILES string of the molecule is O.O.[Al].[Ca].[K].[Na].[Si]. The minimum atomic E-state index is 0. The standard InChI is InChI=1S/Al.Ca.K.Na.2H2O.Si/h;;;;2*1H2;. The first-order valence-electron chi connectivity index (χ1n) is 0. The molecule has 0 aromatic rings. The zero-order chi connectivity index (χ0) is 0. The van der Waals surface area contributed by atoms with E-state index in [2.05, 4.69) is 0 Å². The van der Waals surface area contributed by atoms with Gasteiger partial charge in [0, 0.05) is 147 Å². The maximum Gasteiger partial charge on any atom is 0 e. The van der Waals surface area contributed by atoms with Crippen LogP contribution in [-0.4, -0.2) is 158 Å². The van der Waals surface area contributed by atoms with Crippen LogP contribution in [0.25, 0.3) is 0 Å². The molecule has 0 atom stereocenters. The Morgan fingerprint density at radius 1 is 0.857 bits per heavy atom. The van der Waals surface area contributed by atoms with Gasteiger partial charge >= 0.3 is 0 Å². The second-order valence-electron chi connectivity index (χ2n) is 0. The fourth-order valence-corrected chi connectivity index (χ4v) is 0. The molecule has 2 nitrogen and oxygen atoms in total. The van der Waals surface area contributed by atoms with E-state index in [1.807, 2.05) is 0 Å². The Kier molecular flexibility index (Phi) is 410. The molecule has 4 N–H and O–H groups in total. The van der Waals surface area contributed by atoms with Crippen LogP contribution in [0.2, 0.25) is 0 Å². The maximum absolute atomic E-state index is 0. The molecule has 0 saturated heterocycles. The minimum absolute atomic E-state index is 0. The molecular formula is H4AlCaKNaO2Si. The van der Waals surface area contributed by atoms with E-state index in [-0.39, 0.29) is 158 Å². The summed E-state index contributed by atoms with van der Waals surface area (Å²) in [5.74, 6) is 0.